The van der Waals surface area contributed by atoms with Gasteiger partial charge < -0.3 is 51.5 Å². The van der Waals surface area contributed by atoms with E-state index in [2.05, 4.69) is 51.2 Å². The fourth-order valence-corrected chi connectivity index (χ4v) is 8.93. The molecule has 0 aliphatic carbocycles. The van der Waals surface area contributed by atoms with E-state index < -0.39 is 86.5 Å². The number of benzene rings is 4. The van der Waals surface area contributed by atoms with Gasteiger partial charge in [0, 0.05) is 167 Å². The largest absolute Gasteiger partial charge is 0.395 e. The second kappa shape index (κ2) is 30.5. The molecule has 2 aromatic heterocycles. The Balaban J connectivity index is 0.00000494. The molecular weight excluding hydrogens is 1120 g/mol. The summed E-state index contributed by atoms with van der Waals surface area (Å²) >= 11 is 0. The fourth-order valence-electron chi connectivity index (χ4n) is 6.45. The summed E-state index contributed by atoms with van der Waals surface area (Å²) in [4.78, 5) is 26.1. The summed E-state index contributed by atoms with van der Waals surface area (Å²) in [6.07, 6.45) is 2.25. The Kier molecular flexibility index (Phi) is 27.7. The van der Waals surface area contributed by atoms with Crippen molar-refractivity contribution in [3.05, 3.63) is 96.1 Å². The molecule has 6 aromatic rings. The minimum atomic E-state index is -5.04. The van der Waals surface area contributed by atoms with E-state index in [0.29, 0.717) is 0 Å². The Labute approximate surface area is 524 Å². The molecule has 4 radical (unpaired) electrons. The van der Waals surface area contributed by atoms with Crippen LogP contribution in [0.2, 0.25) is 0 Å². The number of nitrogens with zero attached hydrogens (tertiary/aromatic N) is 8. The van der Waals surface area contributed by atoms with E-state index in [4.69, 9.17) is 0 Å². The zero-order chi connectivity index (χ0) is 52.4. The van der Waals surface area contributed by atoms with Crippen molar-refractivity contribution in [1.29, 1.82) is 0 Å². The fraction of sp³-hybridized carbons (Fsp3) is 0.200. The van der Waals surface area contributed by atoms with E-state index in [9.17, 15) is 72.3 Å². The molecule has 12 N–H and O–H groups in total. The molecule has 0 spiro atoms. The summed E-state index contributed by atoms with van der Waals surface area (Å²) in [7, 11) is -19.3. The van der Waals surface area contributed by atoms with Crippen molar-refractivity contribution in [2.45, 2.75) is 19.6 Å². The summed E-state index contributed by atoms with van der Waals surface area (Å²) in [6.45, 7) is -1.83. The Morgan fingerprint density at radius 2 is 0.684 bits per heavy atom. The molecule has 4 aromatic carbocycles. The van der Waals surface area contributed by atoms with Crippen LogP contribution in [0.4, 0.5) is 58.4 Å². The number of hydrogen-bond acceptors (Lipinski definition) is 24. The molecule has 0 amide bonds. The van der Waals surface area contributed by atoms with Gasteiger partial charge in [-0.05, 0) is 71.8 Å². The molecule has 2 heterocycles. The van der Waals surface area contributed by atoms with E-state index in [0.717, 1.165) is 48.6 Å². The van der Waals surface area contributed by atoms with Gasteiger partial charge in [-0.15, -0.1) is 0 Å². The van der Waals surface area contributed by atoms with Crippen molar-refractivity contribution in [2.24, 2.45) is 0 Å². The number of anilines is 10. The van der Waals surface area contributed by atoms with E-state index in [1.807, 2.05) is 0 Å². The van der Waals surface area contributed by atoms with Crippen molar-refractivity contribution in [3.63, 3.8) is 0 Å². The maximum absolute atomic E-state index is 12.8. The Hall–Kier alpha value is -3.08. The summed E-state index contributed by atoms with van der Waals surface area (Å²) < 4.78 is 138. The summed E-state index contributed by atoms with van der Waals surface area (Å²) in [5, 5.41) is 49.7. The maximum Gasteiger partial charge on any atom is 0.295 e. The van der Waals surface area contributed by atoms with Crippen LogP contribution in [0.5, 0.6) is 0 Å². The molecule has 0 aliphatic rings. The van der Waals surface area contributed by atoms with Gasteiger partial charge in [0.05, 0.1) is 36.2 Å². The summed E-state index contributed by atoms with van der Waals surface area (Å²) in [5.41, 5.74) is -0.244. The van der Waals surface area contributed by atoms with Crippen molar-refractivity contribution in [1.82, 2.24) is 29.9 Å². The topological polar surface area (TPSA) is 430 Å². The molecule has 0 bridgehead atoms. The molecule has 0 fully saturated rings. The zero-order valence-electron chi connectivity index (χ0n) is 40.9. The van der Waals surface area contributed by atoms with E-state index >= 15 is 0 Å². The van der Waals surface area contributed by atoms with Gasteiger partial charge in [-0.25, -0.2) is 0 Å². The Morgan fingerprint density at radius 1 is 0.395 bits per heavy atom. The quantitative estimate of drug-likeness (QED) is 0.0219. The third-order valence-electron chi connectivity index (χ3n) is 9.61. The summed E-state index contributed by atoms with van der Waals surface area (Å²) in [5.74, 6) is -1.18. The van der Waals surface area contributed by atoms with Gasteiger partial charge >= 0.3 is 0 Å². The first-order chi connectivity index (χ1) is 34.0. The summed E-state index contributed by atoms with van der Waals surface area (Å²) in [6, 6.07) is 17.0. The van der Waals surface area contributed by atoms with Crippen LogP contribution in [0.1, 0.15) is 11.1 Å². The molecule has 6 rings (SSSR count). The second-order valence-corrected chi connectivity index (χ2v) is 20.4. The molecule has 36 heteroatoms. The molecule has 388 valence electrons. The van der Waals surface area contributed by atoms with Crippen molar-refractivity contribution in [3.8, 4) is 0 Å². The average molecular weight is 1170 g/mol. The predicted octanol–water partition coefficient (Wildman–Crippen LogP) is 0.247. The molecule has 0 saturated carbocycles. The van der Waals surface area contributed by atoms with Crippen LogP contribution in [0, 0.1) is 0 Å². The maximum atomic E-state index is 12.8. The second-order valence-electron chi connectivity index (χ2n) is 14.7. The van der Waals surface area contributed by atoms with Gasteiger partial charge in [0.25, 0.3) is 40.5 Å². The van der Waals surface area contributed by atoms with Crippen molar-refractivity contribution in [2.75, 3.05) is 83.7 Å². The number of aliphatic hydroxyl groups excluding tert-OH is 4. The first-order valence-electron chi connectivity index (χ1n) is 20.6. The molecule has 0 atom stereocenters. The van der Waals surface area contributed by atoms with Gasteiger partial charge in [0.15, 0.2) is 0 Å². The molecular formula is C40H44N12Na4O16S4. The predicted molar refractivity (Wildman–Crippen MR) is 283 cm³/mol. The van der Waals surface area contributed by atoms with E-state index in [1.165, 1.54) is 58.3 Å². The standard InChI is InChI=1S/C40H44N12O16S4.4Na/c53-17-13-51(14-18-54)39-47-35(41-27-3-1-5-31(21-27)69(57,58)59)45-37(49-39)43-29-11-9-25(33(23-29)71(63,64)65)7-8-26-10-12-30(24-34(26)72(66,67)68)44-38-46-36(48-40(50-38)52(15-19-55)16-20-56)42-28-4-2-6-32(22-28)70(60,61)62;;;;/h1-12,21-24,53-56H,13-20H2,(H,57,58,59)(H,60,61,62)(H,63,64,65)(H,66,67,68)(H2,41,43,45,47,49)(H2,42,44,46,48,50);;;;/b8-7+;;;;. The van der Waals surface area contributed by atoms with Crippen LogP contribution >= 0.6 is 0 Å². The monoisotopic (exact) mass is 1170 g/mol. The molecule has 28 nitrogen and oxygen atoms in total. The third-order valence-corrected chi connectivity index (χ3v) is 13.1. The van der Waals surface area contributed by atoms with Gasteiger partial charge in [-0.2, -0.15) is 63.6 Å². The van der Waals surface area contributed by atoms with Crippen LogP contribution in [0.3, 0.4) is 0 Å². The van der Waals surface area contributed by atoms with Crippen LogP contribution < -0.4 is 31.1 Å². The Bertz CT molecular complexity index is 3220. The van der Waals surface area contributed by atoms with E-state index in [1.54, 1.807) is 0 Å². The van der Waals surface area contributed by atoms with Crippen LogP contribution in [-0.4, -0.2) is 273 Å². The van der Waals surface area contributed by atoms with Crippen molar-refractivity contribution >= 4 is 229 Å². The Morgan fingerprint density at radius 3 is 0.947 bits per heavy atom. The van der Waals surface area contributed by atoms with Crippen LogP contribution in [0.15, 0.2) is 105 Å². The third kappa shape index (κ3) is 19.9. The first-order valence-corrected chi connectivity index (χ1v) is 26.3. The normalized spacial score (nSPS) is 11.5. The zero-order valence-corrected chi connectivity index (χ0v) is 52.2. The number of aliphatic hydroxyl groups is 4. The number of hydrogen-bond donors (Lipinski definition) is 12. The molecule has 0 unspecified atom stereocenters. The van der Waals surface area contributed by atoms with Crippen LogP contribution in [0.25, 0.3) is 12.2 Å². The minimum absolute atomic E-state index is 0. The number of aromatic nitrogens is 6. The van der Waals surface area contributed by atoms with Gasteiger partial charge in [0.1, 0.15) is 9.79 Å². The molecule has 0 saturated heterocycles. The smallest absolute Gasteiger partial charge is 0.295 e. The molecule has 76 heavy (non-hydrogen) atoms. The average Bonchev–Trinajstić information content (AvgIpc) is 3.30. The first kappa shape index (κ1) is 69.0. The number of rotatable bonds is 24. The molecule has 0 aliphatic heterocycles. The number of nitrogens with one attached hydrogen (secondary N) is 4. The van der Waals surface area contributed by atoms with Gasteiger partial charge in [0.2, 0.25) is 35.7 Å². The van der Waals surface area contributed by atoms with Gasteiger partial charge in [-0.3, -0.25) is 18.2 Å². The minimum Gasteiger partial charge on any atom is -0.395 e. The van der Waals surface area contributed by atoms with Crippen LogP contribution in [-0.2, 0) is 40.5 Å². The van der Waals surface area contributed by atoms with Crippen molar-refractivity contribution < 1.29 is 72.3 Å². The SMILES string of the molecule is O=S(=O)(O)c1cccc(Nc2nc(Nc3ccc(/C=C/c4ccc(Nc5nc(Nc6cccc(S(=O)(=O)O)c6)nc(N(CCO)CCO)n5)cc4S(=O)(=O)O)c(S(=O)(=O)O)c3)nc(N(CCO)CCO)n2)c1.[Na].[Na].[Na].[Na]. The van der Waals surface area contributed by atoms with Gasteiger partial charge in [-0.1, -0.05) is 36.4 Å². The van der Waals surface area contributed by atoms with E-state index in [-0.39, 0.29) is 214 Å².